The van der Waals surface area contributed by atoms with Crippen molar-refractivity contribution in [1.29, 1.82) is 0 Å². The van der Waals surface area contributed by atoms with Crippen molar-refractivity contribution in [3.05, 3.63) is 0 Å². The second-order valence-corrected chi connectivity index (χ2v) is 6.95. The number of ether oxygens (including phenoxy) is 1. The van der Waals surface area contributed by atoms with Crippen LogP contribution in [0.2, 0.25) is 0 Å². The molecule has 1 aliphatic carbocycles. The van der Waals surface area contributed by atoms with Gasteiger partial charge >= 0.3 is 0 Å². The van der Waals surface area contributed by atoms with Crippen molar-refractivity contribution in [2.45, 2.75) is 25.3 Å². The van der Waals surface area contributed by atoms with Crippen LogP contribution in [0.25, 0.3) is 0 Å². The summed E-state index contributed by atoms with van der Waals surface area (Å²) in [5.41, 5.74) is 0. The van der Waals surface area contributed by atoms with Crippen molar-refractivity contribution >= 4 is 21.6 Å². The van der Waals surface area contributed by atoms with Crippen LogP contribution in [0.5, 0.6) is 0 Å². The smallest absolute Gasteiger partial charge is 0.215 e. The minimum atomic E-state index is -3.15. The molecule has 0 aromatic heterocycles. The quantitative estimate of drug-likeness (QED) is 0.676. The lowest BCUT2D eigenvalue weighted by atomic mass is 10.1. The molecule has 1 heterocycles. The van der Waals surface area contributed by atoms with E-state index in [1.165, 1.54) is 0 Å². The minimum absolute atomic E-state index is 0.0542. The van der Waals surface area contributed by atoms with Crippen molar-refractivity contribution < 1.29 is 13.2 Å². The van der Waals surface area contributed by atoms with E-state index < -0.39 is 10.0 Å². The Morgan fingerprint density at radius 1 is 1.31 bits per heavy atom. The van der Waals surface area contributed by atoms with Crippen LogP contribution in [-0.2, 0) is 14.8 Å². The Morgan fingerprint density at radius 3 is 2.56 bits per heavy atom. The summed E-state index contributed by atoms with van der Waals surface area (Å²) >= 11 is 5.54. The topological polar surface area (TPSA) is 46.6 Å². The highest BCUT2D eigenvalue weighted by molar-refractivity contribution is 7.89. The van der Waals surface area contributed by atoms with Crippen molar-refractivity contribution in [3.63, 3.8) is 0 Å². The van der Waals surface area contributed by atoms with Crippen LogP contribution < -0.4 is 0 Å². The third-order valence-electron chi connectivity index (χ3n) is 3.11. The summed E-state index contributed by atoms with van der Waals surface area (Å²) in [7, 11) is -3.15. The van der Waals surface area contributed by atoms with Crippen LogP contribution in [0.4, 0.5) is 0 Å². The first kappa shape index (κ1) is 12.6. The summed E-state index contributed by atoms with van der Waals surface area (Å²) < 4.78 is 30.9. The molecule has 0 bridgehead atoms. The van der Waals surface area contributed by atoms with Crippen LogP contribution in [0.3, 0.4) is 0 Å². The van der Waals surface area contributed by atoms with E-state index in [1.54, 1.807) is 4.31 Å². The first-order valence-electron chi connectivity index (χ1n) is 5.76. The molecule has 0 spiro atoms. The normalized spacial score (nSPS) is 26.5. The molecule has 16 heavy (non-hydrogen) atoms. The standard InChI is InChI=1S/C10H18ClNO3S/c11-4-6-16(13,14)12(10-1-2-10)7-9-3-5-15-8-9/h9-10H,1-8H2. The lowest BCUT2D eigenvalue weighted by Crippen LogP contribution is -2.39. The van der Waals surface area contributed by atoms with Gasteiger partial charge in [-0.25, -0.2) is 8.42 Å². The van der Waals surface area contributed by atoms with E-state index in [9.17, 15) is 8.42 Å². The Hall–Kier alpha value is 0.160. The van der Waals surface area contributed by atoms with Gasteiger partial charge in [-0.3, -0.25) is 0 Å². The number of hydrogen-bond donors (Lipinski definition) is 0. The van der Waals surface area contributed by atoms with Gasteiger partial charge in [-0.15, -0.1) is 11.6 Å². The summed E-state index contributed by atoms with van der Waals surface area (Å²) in [6.45, 7) is 2.07. The van der Waals surface area contributed by atoms with E-state index in [0.29, 0.717) is 19.1 Å². The maximum Gasteiger partial charge on any atom is 0.215 e. The minimum Gasteiger partial charge on any atom is -0.381 e. The molecule has 1 atom stereocenters. The zero-order valence-corrected chi connectivity index (χ0v) is 10.8. The summed E-state index contributed by atoms with van der Waals surface area (Å²) in [6, 6.07) is 0.230. The van der Waals surface area contributed by atoms with Crippen LogP contribution in [0.1, 0.15) is 19.3 Å². The molecule has 2 rings (SSSR count). The number of halogens is 1. The summed E-state index contributed by atoms with van der Waals surface area (Å²) in [4.78, 5) is 0. The van der Waals surface area contributed by atoms with Gasteiger partial charge in [-0.1, -0.05) is 0 Å². The van der Waals surface area contributed by atoms with Gasteiger partial charge in [0.15, 0.2) is 0 Å². The van der Waals surface area contributed by atoms with Crippen LogP contribution >= 0.6 is 11.6 Å². The van der Waals surface area contributed by atoms with Gasteiger partial charge in [0.1, 0.15) is 0 Å². The Labute approximate surface area is 102 Å². The fraction of sp³-hybridized carbons (Fsp3) is 1.00. The summed E-state index contributed by atoms with van der Waals surface area (Å²) in [6.07, 6.45) is 2.96. The molecule has 0 amide bonds. The molecule has 1 saturated carbocycles. The third kappa shape index (κ3) is 3.09. The van der Waals surface area contributed by atoms with Gasteiger partial charge in [0.2, 0.25) is 10.0 Å². The molecule has 0 radical (unpaired) electrons. The zero-order valence-electron chi connectivity index (χ0n) is 9.27. The molecule has 0 N–H and O–H groups in total. The molecule has 1 unspecified atom stereocenters. The van der Waals surface area contributed by atoms with Gasteiger partial charge < -0.3 is 4.74 Å². The largest absolute Gasteiger partial charge is 0.381 e. The molecule has 2 fully saturated rings. The fourth-order valence-electron chi connectivity index (χ4n) is 2.05. The fourth-order valence-corrected chi connectivity index (χ4v) is 4.17. The zero-order chi connectivity index (χ0) is 11.6. The van der Waals surface area contributed by atoms with E-state index >= 15 is 0 Å². The van der Waals surface area contributed by atoms with Crippen molar-refractivity contribution in [2.75, 3.05) is 31.4 Å². The lowest BCUT2D eigenvalue weighted by molar-refractivity contribution is 0.180. The summed E-state index contributed by atoms with van der Waals surface area (Å²) in [5, 5.41) is 0. The molecule has 0 aromatic rings. The second-order valence-electron chi connectivity index (χ2n) is 4.54. The van der Waals surface area contributed by atoms with E-state index in [0.717, 1.165) is 25.9 Å². The van der Waals surface area contributed by atoms with Crippen molar-refractivity contribution in [3.8, 4) is 0 Å². The van der Waals surface area contributed by atoms with Crippen LogP contribution in [0.15, 0.2) is 0 Å². The number of hydrogen-bond acceptors (Lipinski definition) is 3. The average molecular weight is 268 g/mol. The molecule has 1 aliphatic heterocycles. The van der Waals surface area contributed by atoms with E-state index in [1.807, 2.05) is 0 Å². The van der Waals surface area contributed by atoms with Crippen LogP contribution in [-0.4, -0.2) is 50.2 Å². The summed E-state index contributed by atoms with van der Waals surface area (Å²) in [5.74, 6) is 0.594. The first-order chi connectivity index (χ1) is 7.63. The second kappa shape index (κ2) is 5.21. The van der Waals surface area contributed by atoms with Gasteiger partial charge in [0, 0.05) is 25.1 Å². The van der Waals surface area contributed by atoms with Gasteiger partial charge in [-0.2, -0.15) is 4.31 Å². The third-order valence-corrected chi connectivity index (χ3v) is 5.40. The lowest BCUT2D eigenvalue weighted by Gasteiger charge is -2.23. The average Bonchev–Trinajstić information content (AvgIpc) is 2.92. The van der Waals surface area contributed by atoms with E-state index in [2.05, 4.69) is 0 Å². The molecule has 94 valence electrons. The van der Waals surface area contributed by atoms with E-state index in [-0.39, 0.29) is 17.7 Å². The van der Waals surface area contributed by atoms with Gasteiger partial charge in [0.05, 0.1) is 12.4 Å². The predicted molar refractivity (Wildman–Crippen MR) is 63.2 cm³/mol. The first-order valence-corrected chi connectivity index (χ1v) is 7.91. The van der Waals surface area contributed by atoms with Crippen LogP contribution in [0, 0.1) is 5.92 Å². The maximum absolute atomic E-state index is 12.0. The SMILES string of the molecule is O=S(=O)(CCCl)N(CC1CCOC1)C1CC1. The van der Waals surface area contributed by atoms with Crippen molar-refractivity contribution in [2.24, 2.45) is 5.92 Å². The number of nitrogens with zero attached hydrogens (tertiary/aromatic N) is 1. The van der Waals surface area contributed by atoms with Crippen molar-refractivity contribution in [1.82, 2.24) is 4.31 Å². The Morgan fingerprint density at radius 2 is 2.06 bits per heavy atom. The molecule has 1 saturated heterocycles. The molecular formula is C10H18ClNO3S. The molecule has 4 nitrogen and oxygen atoms in total. The number of sulfonamides is 1. The molecular weight excluding hydrogens is 250 g/mol. The highest BCUT2D eigenvalue weighted by Gasteiger charge is 2.38. The Balaban J connectivity index is 1.98. The highest BCUT2D eigenvalue weighted by atomic mass is 35.5. The molecule has 0 aromatic carbocycles. The predicted octanol–water partition coefficient (Wildman–Crippen LogP) is 1.06. The number of rotatable bonds is 6. The van der Waals surface area contributed by atoms with Gasteiger partial charge in [0.25, 0.3) is 0 Å². The highest BCUT2D eigenvalue weighted by Crippen LogP contribution is 2.31. The molecule has 6 heteroatoms. The Kier molecular flexibility index (Phi) is 4.11. The monoisotopic (exact) mass is 267 g/mol. The van der Waals surface area contributed by atoms with Gasteiger partial charge in [-0.05, 0) is 25.2 Å². The maximum atomic E-state index is 12.0. The Bertz CT molecular complexity index is 323. The number of alkyl halides is 1. The van der Waals surface area contributed by atoms with E-state index in [4.69, 9.17) is 16.3 Å². The molecule has 2 aliphatic rings.